The van der Waals surface area contributed by atoms with Crippen LogP contribution in [-0.2, 0) is 11.3 Å². The Kier molecular flexibility index (Phi) is 3.00. The molecule has 1 heterocycles. The van der Waals surface area contributed by atoms with Gasteiger partial charge in [0, 0.05) is 13.5 Å². The first-order valence-electron chi connectivity index (χ1n) is 4.22. The van der Waals surface area contributed by atoms with Crippen LogP contribution >= 0.6 is 0 Å². The maximum absolute atomic E-state index is 10.9. The lowest BCUT2D eigenvalue weighted by Gasteiger charge is -2.01. The topological polar surface area (TPSA) is 59.8 Å². The van der Waals surface area contributed by atoms with Crippen LogP contribution in [0.4, 0.5) is 0 Å². The summed E-state index contributed by atoms with van der Waals surface area (Å²) in [7, 11) is 1.63. The summed E-state index contributed by atoms with van der Waals surface area (Å²) in [6.45, 7) is 4.43. The molecule has 5 heteroatoms. The summed E-state index contributed by atoms with van der Waals surface area (Å²) in [6.07, 6.45) is 0.445. The predicted molar refractivity (Wildman–Crippen MR) is 48.2 cm³/mol. The standard InChI is InChI=1S/C8H14N4O/c1-6-7(2)12(11-10-6)5-4-8(13)9-3/h4-5H2,1-3H3,(H,9,13). The monoisotopic (exact) mass is 182 g/mol. The van der Waals surface area contributed by atoms with Gasteiger partial charge in [-0.1, -0.05) is 5.21 Å². The zero-order chi connectivity index (χ0) is 9.84. The third-order valence-corrected chi connectivity index (χ3v) is 2.04. The molecule has 0 bridgehead atoms. The summed E-state index contributed by atoms with van der Waals surface area (Å²) in [5.41, 5.74) is 1.93. The highest BCUT2D eigenvalue weighted by Crippen LogP contribution is 2.01. The fourth-order valence-corrected chi connectivity index (χ4v) is 0.992. The van der Waals surface area contributed by atoms with E-state index >= 15 is 0 Å². The van der Waals surface area contributed by atoms with E-state index in [9.17, 15) is 4.79 Å². The number of hydrogen-bond acceptors (Lipinski definition) is 3. The van der Waals surface area contributed by atoms with Gasteiger partial charge in [-0.2, -0.15) is 0 Å². The van der Waals surface area contributed by atoms with Crippen molar-refractivity contribution >= 4 is 5.91 Å². The minimum absolute atomic E-state index is 0.0209. The Morgan fingerprint density at radius 2 is 2.23 bits per heavy atom. The fraction of sp³-hybridized carbons (Fsp3) is 0.625. The third-order valence-electron chi connectivity index (χ3n) is 2.04. The number of nitrogens with zero attached hydrogens (tertiary/aromatic N) is 3. The number of hydrogen-bond donors (Lipinski definition) is 1. The molecule has 0 aliphatic heterocycles. The summed E-state index contributed by atoms with van der Waals surface area (Å²) < 4.78 is 1.74. The van der Waals surface area contributed by atoms with E-state index in [0.717, 1.165) is 11.4 Å². The fourth-order valence-electron chi connectivity index (χ4n) is 0.992. The van der Waals surface area contributed by atoms with Crippen molar-refractivity contribution in [2.45, 2.75) is 26.8 Å². The molecule has 0 unspecified atom stereocenters. The van der Waals surface area contributed by atoms with Crippen molar-refractivity contribution in [1.82, 2.24) is 20.3 Å². The van der Waals surface area contributed by atoms with Crippen molar-refractivity contribution < 1.29 is 4.79 Å². The number of carbonyl (C=O) groups excluding carboxylic acids is 1. The van der Waals surface area contributed by atoms with Gasteiger partial charge in [-0.3, -0.25) is 4.79 Å². The smallest absolute Gasteiger partial charge is 0.221 e. The lowest BCUT2D eigenvalue weighted by Crippen LogP contribution is -2.20. The SMILES string of the molecule is CNC(=O)CCn1nnc(C)c1C. The summed E-state index contributed by atoms with van der Waals surface area (Å²) in [4.78, 5) is 10.9. The van der Waals surface area contributed by atoms with Gasteiger partial charge in [-0.05, 0) is 13.8 Å². The van der Waals surface area contributed by atoms with Crippen LogP contribution in [0.15, 0.2) is 0 Å². The van der Waals surface area contributed by atoms with Crippen LogP contribution in [0.5, 0.6) is 0 Å². The van der Waals surface area contributed by atoms with Crippen LogP contribution in [0, 0.1) is 13.8 Å². The number of nitrogens with one attached hydrogen (secondary N) is 1. The van der Waals surface area contributed by atoms with Crippen molar-refractivity contribution in [2.24, 2.45) is 0 Å². The Bertz CT molecular complexity index is 305. The van der Waals surface area contributed by atoms with Crippen LogP contribution in [0.2, 0.25) is 0 Å². The van der Waals surface area contributed by atoms with Crippen molar-refractivity contribution in [3.63, 3.8) is 0 Å². The summed E-state index contributed by atoms with van der Waals surface area (Å²) in [5, 5.41) is 10.4. The highest BCUT2D eigenvalue weighted by molar-refractivity contribution is 5.75. The first-order chi connectivity index (χ1) is 6.15. The Morgan fingerprint density at radius 3 is 2.69 bits per heavy atom. The van der Waals surface area contributed by atoms with Crippen LogP contribution in [0.1, 0.15) is 17.8 Å². The van der Waals surface area contributed by atoms with E-state index in [1.807, 2.05) is 13.8 Å². The molecule has 0 atom stereocenters. The van der Waals surface area contributed by atoms with Crippen LogP contribution in [0.3, 0.4) is 0 Å². The molecular formula is C8H14N4O. The highest BCUT2D eigenvalue weighted by Gasteiger charge is 2.05. The van der Waals surface area contributed by atoms with E-state index in [-0.39, 0.29) is 5.91 Å². The van der Waals surface area contributed by atoms with Gasteiger partial charge >= 0.3 is 0 Å². The Morgan fingerprint density at radius 1 is 1.54 bits per heavy atom. The van der Waals surface area contributed by atoms with Crippen LogP contribution < -0.4 is 5.32 Å². The lowest BCUT2D eigenvalue weighted by atomic mass is 10.3. The molecule has 1 N–H and O–H groups in total. The van der Waals surface area contributed by atoms with E-state index in [2.05, 4.69) is 15.6 Å². The Hall–Kier alpha value is -1.39. The molecule has 13 heavy (non-hydrogen) atoms. The maximum atomic E-state index is 10.9. The van der Waals surface area contributed by atoms with Crippen LogP contribution in [0.25, 0.3) is 0 Å². The molecule has 0 aliphatic rings. The van der Waals surface area contributed by atoms with Gasteiger partial charge in [0.15, 0.2) is 0 Å². The first-order valence-corrected chi connectivity index (χ1v) is 4.22. The normalized spacial score (nSPS) is 10.1. The molecule has 1 aromatic rings. The molecule has 0 aliphatic carbocycles. The number of amides is 1. The molecule has 1 aromatic heterocycles. The Labute approximate surface area is 77.1 Å². The molecule has 0 saturated heterocycles. The minimum Gasteiger partial charge on any atom is -0.359 e. The van der Waals surface area contributed by atoms with E-state index in [4.69, 9.17) is 0 Å². The summed E-state index contributed by atoms with van der Waals surface area (Å²) in [6, 6.07) is 0. The third kappa shape index (κ3) is 2.27. The summed E-state index contributed by atoms with van der Waals surface area (Å²) in [5.74, 6) is 0.0209. The number of aromatic nitrogens is 3. The lowest BCUT2D eigenvalue weighted by molar-refractivity contribution is -0.120. The number of rotatable bonds is 3. The van der Waals surface area contributed by atoms with E-state index in [0.29, 0.717) is 13.0 Å². The average molecular weight is 182 g/mol. The second-order valence-electron chi connectivity index (χ2n) is 2.91. The molecule has 0 radical (unpaired) electrons. The quantitative estimate of drug-likeness (QED) is 0.717. The van der Waals surface area contributed by atoms with E-state index in [1.54, 1.807) is 11.7 Å². The molecule has 1 rings (SSSR count). The van der Waals surface area contributed by atoms with Crippen molar-refractivity contribution in [2.75, 3.05) is 7.05 Å². The van der Waals surface area contributed by atoms with Gasteiger partial charge in [0.2, 0.25) is 5.91 Å². The van der Waals surface area contributed by atoms with Gasteiger partial charge in [0.25, 0.3) is 0 Å². The van der Waals surface area contributed by atoms with Gasteiger partial charge in [-0.15, -0.1) is 5.10 Å². The van der Waals surface area contributed by atoms with Crippen molar-refractivity contribution in [1.29, 1.82) is 0 Å². The summed E-state index contributed by atoms with van der Waals surface area (Å²) >= 11 is 0. The molecule has 72 valence electrons. The zero-order valence-corrected chi connectivity index (χ0v) is 8.16. The average Bonchev–Trinajstić information content (AvgIpc) is 2.44. The zero-order valence-electron chi connectivity index (χ0n) is 8.16. The molecule has 5 nitrogen and oxygen atoms in total. The first kappa shape index (κ1) is 9.70. The highest BCUT2D eigenvalue weighted by atomic mass is 16.1. The minimum atomic E-state index is 0.0209. The van der Waals surface area contributed by atoms with Gasteiger partial charge in [0.05, 0.1) is 17.9 Å². The molecule has 0 aromatic carbocycles. The molecule has 1 amide bonds. The van der Waals surface area contributed by atoms with Gasteiger partial charge in [0.1, 0.15) is 0 Å². The predicted octanol–water partition coefficient (Wildman–Crippen LogP) is 0.0310. The largest absolute Gasteiger partial charge is 0.359 e. The van der Waals surface area contributed by atoms with Crippen molar-refractivity contribution in [3.05, 3.63) is 11.4 Å². The van der Waals surface area contributed by atoms with Gasteiger partial charge in [-0.25, -0.2) is 4.68 Å². The maximum Gasteiger partial charge on any atom is 0.221 e. The molecular weight excluding hydrogens is 168 g/mol. The second-order valence-corrected chi connectivity index (χ2v) is 2.91. The number of carbonyl (C=O) groups is 1. The van der Waals surface area contributed by atoms with E-state index in [1.165, 1.54) is 0 Å². The molecule has 0 spiro atoms. The van der Waals surface area contributed by atoms with Crippen molar-refractivity contribution in [3.8, 4) is 0 Å². The Balaban J connectivity index is 2.55. The number of aryl methyl sites for hydroxylation is 2. The second kappa shape index (κ2) is 4.02. The van der Waals surface area contributed by atoms with E-state index < -0.39 is 0 Å². The van der Waals surface area contributed by atoms with Crippen LogP contribution in [-0.4, -0.2) is 27.9 Å². The molecule has 0 saturated carbocycles. The van der Waals surface area contributed by atoms with Gasteiger partial charge < -0.3 is 5.32 Å². The molecule has 0 fully saturated rings.